The zero-order valence-corrected chi connectivity index (χ0v) is 13.4. The van der Waals surface area contributed by atoms with Crippen LogP contribution in [0.25, 0.3) is 0 Å². The largest absolute Gasteiger partial charge is 0.382 e. The number of rotatable bonds is 6. The Morgan fingerprint density at radius 1 is 1.21 bits per heavy atom. The second-order valence-electron chi connectivity index (χ2n) is 5.54. The molecule has 2 rings (SSSR count). The molecule has 1 aliphatic carbocycles. The first-order chi connectivity index (χ1) is 9.31. The van der Waals surface area contributed by atoms with E-state index in [0.717, 1.165) is 25.0 Å². The SMILES string of the molecule is CCOCCCC1CC(c2ccccc2)CCC1Br. The Morgan fingerprint density at radius 2 is 2.00 bits per heavy atom. The minimum atomic E-state index is 0.703. The molecule has 0 N–H and O–H groups in total. The van der Waals surface area contributed by atoms with Gasteiger partial charge in [0.25, 0.3) is 0 Å². The van der Waals surface area contributed by atoms with Crippen molar-refractivity contribution in [2.75, 3.05) is 13.2 Å². The van der Waals surface area contributed by atoms with E-state index in [1.54, 1.807) is 0 Å². The third-order valence-corrected chi connectivity index (χ3v) is 5.43. The number of hydrogen-bond acceptors (Lipinski definition) is 1. The molecule has 3 unspecified atom stereocenters. The zero-order chi connectivity index (χ0) is 13.5. The Labute approximate surface area is 125 Å². The first kappa shape index (κ1) is 15.1. The second-order valence-corrected chi connectivity index (χ2v) is 6.71. The maximum atomic E-state index is 5.46. The molecule has 0 amide bonds. The van der Waals surface area contributed by atoms with Crippen LogP contribution in [0.1, 0.15) is 50.5 Å². The molecule has 19 heavy (non-hydrogen) atoms. The number of ether oxygens (including phenoxy) is 1. The van der Waals surface area contributed by atoms with E-state index in [2.05, 4.69) is 53.2 Å². The smallest absolute Gasteiger partial charge is 0.0466 e. The van der Waals surface area contributed by atoms with Gasteiger partial charge >= 0.3 is 0 Å². The molecule has 1 aromatic carbocycles. The van der Waals surface area contributed by atoms with Crippen LogP contribution in [0.5, 0.6) is 0 Å². The lowest BCUT2D eigenvalue weighted by molar-refractivity contribution is 0.136. The Balaban J connectivity index is 1.85. The fourth-order valence-electron chi connectivity index (χ4n) is 3.15. The molecule has 2 heteroatoms. The van der Waals surface area contributed by atoms with E-state index >= 15 is 0 Å². The monoisotopic (exact) mass is 324 g/mol. The first-order valence-electron chi connectivity index (χ1n) is 7.58. The molecular formula is C17H25BrO. The van der Waals surface area contributed by atoms with Gasteiger partial charge in [0.1, 0.15) is 0 Å². The van der Waals surface area contributed by atoms with Crippen molar-refractivity contribution in [3.05, 3.63) is 35.9 Å². The highest BCUT2D eigenvalue weighted by atomic mass is 79.9. The summed E-state index contributed by atoms with van der Waals surface area (Å²) in [4.78, 5) is 0.703. The molecule has 0 aliphatic heterocycles. The zero-order valence-electron chi connectivity index (χ0n) is 11.9. The van der Waals surface area contributed by atoms with E-state index in [4.69, 9.17) is 4.74 Å². The van der Waals surface area contributed by atoms with Crippen LogP contribution >= 0.6 is 15.9 Å². The van der Waals surface area contributed by atoms with E-state index in [1.807, 2.05) is 0 Å². The molecule has 0 heterocycles. The second kappa shape index (κ2) is 8.06. The highest BCUT2D eigenvalue weighted by Crippen LogP contribution is 2.41. The lowest BCUT2D eigenvalue weighted by atomic mass is 9.76. The normalized spacial score (nSPS) is 27.4. The molecule has 106 valence electrons. The molecular weight excluding hydrogens is 300 g/mol. The summed E-state index contributed by atoms with van der Waals surface area (Å²) >= 11 is 3.88. The summed E-state index contributed by atoms with van der Waals surface area (Å²) in [6, 6.07) is 11.0. The number of halogens is 1. The van der Waals surface area contributed by atoms with Crippen molar-refractivity contribution in [1.82, 2.24) is 0 Å². The van der Waals surface area contributed by atoms with Crippen molar-refractivity contribution in [2.24, 2.45) is 5.92 Å². The van der Waals surface area contributed by atoms with Crippen LogP contribution in [0.15, 0.2) is 30.3 Å². The van der Waals surface area contributed by atoms with Crippen molar-refractivity contribution >= 4 is 15.9 Å². The molecule has 1 aromatic rings. The van der Waals surface area contributed by atoms with Crippen molar-refractivity contribution < 1.29 is 4.74 Å². The van der Waals surface area contributed by atoms with Gasteiger partial charge in [0.15, 0.2) is 0 Å². The summed E-state index contributed by atoms with van der Waals surface area (Å²) in [5, 5.41) is 0. The fourth-order valence-corrected chi connectivity index (χ4v) is 3.89. The minimum Gasteiger partial charge on any atom is -0.382 e. The summed E-state index contributed by atoms with van der Waals surface area (Å²) in [6.07, 6.45) is 6.44. The van der Waals surface area contributed by atoms with Crippen molar-refractivity contribution in [1.29, 1.82) is 0 Å². The maximum Gasteiger partial charge on any atom is 0.0466 e. The lowest BCUT2D eigenvalue weighted by Crippen LogP contribution is -2.24. The molecule has 1 aliphatic rings. The number of benzene rings is 1. The first-order valence-corrected chi connectivity index (χ1v) is 8.49. The van der Waals surface area contributed by atoms with Crippen LogP contribution in [0.3, 0.4) is 0 Å². The van der Waals surface area contributed by atoms with Crippen LogP contribution in [-0.2, 0) is 4.74 Å². The van der Waals surface area contributed by atoms with Gasteiger partial charge in [-0.05, 0) is 56.4 Å². The van der Waals surface area contributed by atoms with E-state index in [0.29, 0.717) is 4.83 Å². The van der Waals surface area contributed by atoms with Gasteiger partial charge < -0.3 is 4.74 Å². The average Bonchev–Trinajstić information content (AvgIpc) is 2.46. The lowest BCUT2D eigenvalue weighted by Gasteiger charge is -2.33. The van der Waals surface area contributed by atoms with E-state index in [9.17, 15) is 0 Å². The van der Waals surface area contributed by atoms with Crippen LogP contribution in [0.4, 0.5) is 0 Å². The number of hydrogen-bond donors (Lipinski definition) is 0. The van der Waals surface area contributed by atoms with Gasteiger partial charge in [-0.15, -0.1) is 0 Å². The molecule has 0 spiro atoms. The summed E-state index contributed by atoms with van der Waals surface area (Å²) in [6.45, 7) is 3.83. The number of alkyl halides is 1. The highest BCUT2D eigenvalue weighted by molar-refractivity contribution is 9.09. The van der Waals surface area contributed by atoms with Gasteiger partial charge in [-0.1, -0.05) is 46.3 Å². The highest BCUT2D eigenvalue weighted by Gasteiger charge is 2.29. The summed E-state index contributed by atoms with van der Waals surface area (Å²) < 4.78 is 5.46. The standard InChI is InChI=1S/C17H25BrO/c1-2-19-12-6-9-16-13-15(10-11-17(16)18)14-7-4-3-5-8-14/h3-5,7-8,15-17H,2,6,9-13H2,1H3. The molecule has 1 fully saturated rings. The predicted octanol–water partition coefficient (Wildman–Crippen LogP) is 5.15. The Kier molecular flexibility index (Phi) is 6.39. The van der Waals surface area contributed by atoms with Crippen molar-refractivity contribution in [3.63, 3.8) is 0 Å². The van der Waals surface area contributed by atoms with Gasteiger partial charge in [-0.25, -0.2) is 0 Å². The summed E-state index contributed by atoms with van der Waals surface area (Å²) in [7, 11) is 0. The van der Waals surface area contributed by atoms with Gasteiger partial charge in [-0.2, -0.15) is 0 Å². The maximum absolute atomic E-state index is 5.46. The van der Waals surface area contributed by atoms with Crippen LogP contribution in [0.2, 0.25) is 0 Å². The molecule has 3 atom stereocenters. The fraction of sp³-hybridized carbons (Fsp3) is 0.647. The van der Waals surface area contributed by atoms with E-state index in [-0.39, 0.29) is 0 Å². The van der Waals surface area contributed by atoms with Crippen LogP contribution in [0, 0.1) is 5.92 Å². The van der Waals surface area contributed by atoms with Gasteiger partial charge in [0.2, 0.25) is 0 Å². The van der Waals surface area contributed by atoms with E-state index in [1.165, 1.54) is 37.7 Å². The molecule has 1 saturated carbocycles. The van der Waals surface area contributed by atoms with Gasteiger partial charge in [0, 0.05) is 18.0 Å². The molecule has 0 aromatic heterocycles. The quantitative estimate of drug-likeness (QED) is 0.519. The van der Waals surface area contributed by atoms with Crippen LogP contribution < -0.4 is 0 Å². The third-order valence-electron chi connectivity index (χ3n) is 4.23. The molecule has 0 radical (unpaired) electrons. The Bertz CT molecular complexity index is 352. The summed E-state index contributed by atoms with van der Waals surface area (Å²) in [5.41, 5.74) is 1.52. The van der Waals surface area contributed by atoms with Gasteiger partial charge in [0.05, 0.1) is 0 Å². The minimum absolute atomic E-state index is 0.703. The Morgan fingerprint density at radius 3 is 2.74 bits per heavy atom. The average molecular weight is 325 g/mol. The van der Waals surface area contributed by atoms with E-state index < -0.39 is 0 Å². The van der Waals surface area contributed by atoms with Crippen molar-refractivity contribution in [2.45, 2.75) is 49.8 Å². The Hall–Kier alpha value is -0.340. The van der Waals surface area contributed by atoms with Crippen molar-refractivity contribution in [3.8, 4) is 0 Å². The molecule has 0 saturated heterocycles. The van der Waals surface area contributed by atoms with Gasteiger partial charge in [-0.3, -0.25) is 0 Å². The molecule has 1 nitrogen and oxygen atoms in total. The molecule has 0 bridgehead atoms. The summed E-state index contributed by atoms with van der Waals surface area (Å²) in [5.74, 6) is 1.56. The third kappa shape index (κ3) is 4.61. The topological polar surface area (TPSA) is 9.23 Å². The predicted molar refractivity (Wildman–Crippen MR) is 85.0 cm³/mol. The van der Waals surface area contributed by atoms with Crippen LogP contribution in [-0.4, -0.2) is 18.0 Å².